The Morgan fingerprint density at radius 2 is 2.08 bits per heavy atom. The topological polar surface area (TPSA) is 86.9 Å². The summed E-state index contributed by atoms with van der Waals surface area (Å²) >= 11 is 1.41. The maximum Gasteiger partial charge on any atom is 0.261 e. The van der Waals surface area contributed by atoms with E-state index >= 15 is 0 Å². The van der Waals surface area contributed by atoms with Gasteiger partial charge in [0.25, 0.3) is 5.91 Å². The first-order valence-corrected chi connectivity index (χ1v) is 9.60. The predicted molar refractivity (Wildman–Crippen MR) is 98.9 cm³/mol. The number of anilines is 1. The minimum atomic E-state index is -0.280. The van der Waals surface area contributed by atoms with Crippen LogP contribution in [0.3, 0.4) is 0 Å². The van der Waals surface area contributed by atoms with Crippen LogP contribution in [0.2, 0.25) is 0 Å². The van der Waals surface area contributed by atoms with Crippen molar-refractivity contribution in [3.05, 3.63) is 33.6 Å². The van der Waals surface area contributed by atoms with Gasteiger partial charge in [-0.25, -0.2) is 0 Å². The Morgan fingerprint density at radius 1 is 1.28 bits per heavy atom. The molecule has 2 amide bonds. The highest BCUT2D eigenvalue weighted by Crippen LogP contribution is 2.26. The fourth-order valence-corrected chi connectivity index (χ4v) is 4.01. The molecule has 0 atom stereocenters. The number of hydrogen-bond acceptors (Lipinski definition) is 4. The summed E-state index contributed by atoms with van der Waals surface area (Å²) in [5.41, 5.74) is 1.06. The molecule has 0 unspecified atom stereocenters. The maximum atomic E-state index is 12.0. The van der Waals surface area contributed by atoms with Gasteiger partial charge in [-0.15, -0.1) is 11.3 Å². The average Bonchev–Trinajstić information content (AvgIpc) is 3.23. The monoisotopic (exact) mass is 360 g/mol. The van der Waals surface area contributed by atoms with Crippen LogP contribution in [-0.2, 0) is 11.2 Å². The van der Waals surface area contributed by atoms with Crippen molar-refractivity contribution in [2.24, 2.45) is 5.92 Å². The summed E-state index contributed by atoms with van der Waals surface area (Å²) in [7, 11) is 0. The summed E-state index contributed by atoms with van der Waals surface area (Å²) in [5.74, 6) is 0.717. The molecule has 3 rings (SSSR count). The van der Waals surface area contributed by atoms with E-state index in [9.17, 15) is 9.59 Å². The number of aryl methyl sites for hydroxylation is 1. The van der Waals surface area contributed by atoms with Gasteiger partial charge in [-0.05, 0) is 31.4 Å². The van der Waals surface area contributed by atoms with Gasteiger partial charge in [-0.2, -0.15) is 5.10 Å². The van der Waals surface area contributed by atoms with E-state index in [0.717, 1.165) is 17.0 Å². The van der Waals surface area contributed by atoms with Crippen molar-refractivity contribution >= 4 is 29.0 Å². The van der Waals surface area contributed by atoms with Crippen LogP contribution in [0.4, 0.5) is 5.82 Å². The number of hydrogen-bond donors (Lipinski definition) is 3. The van der Waals surface area contributed by atoms with Gasteiger partial charge in [-0.1, -0.05) is 32.1 Å². The lowest BCUT2D eigenvalue weighted by Crippen LogP contribution is -2.32. The van der Waals surface area contributed by atoms with Crippen molar-refractivity contribution in [3.63, 3.8) is 0 Å². The standard InChI is InChI=1S/C18H24N4O2S/c1-12-7-8-15(25-12)18(24)19-11-17(23)20-16-10-14(21-22-16)9-13-5-3-2-4-6-13/h7-8,10,13H,2-6,9,11H2,1H3,(H,19,24)(H2,20,21,22,23). The molecule has 25 heavy (non-hydrogen) atoms. The zero-order chi connectivity index (χ0) is 17.6. The van der Waals surface area contributed by atoms with Gasteiger partial charge in [0.2, 0.25) is 5.91 Å². The molecular weight excluding hydrogens is 336 g/mol. The summed E-state index contributed by atoms with van der Waals surface area (Å²) in [5, 5.41) is 12.5. The highest BCUT2D eigenvalue weighted by Gasteiger charge is 2.16. The molecule has 0 aromatic carbocycles. The molecule has 2 aromatic rings. The summed E-state index contributed by atoms with van der Waals surface area (Å²) in [6.07, 6.45) is 7.50. The number of aromatic amines is 1. The lowest BCUT2D eigenvalue weighted by Gasteiger charge is -2.20. The lowest BCUT2D eigenvalue weighted by atomic mass is 9.86. The number of thiophene rings is 1. The molecule has 2 heterocycles. The highest BCUT2D eigenvalue weighted by molar-refractivity contribution is 7.13. The van der Waals surface area contributed by atoms with Crippen molar-refractivity contribution in [1.29, 1.82) is 0 Å². The van der Waals surface area contributed by atoms with Gasteiger partial charge in [-0.3, -0.25) is 14.7 Å². The maximum absolute atomic E-state index is 12.0. The number of aromatic nitrogens is 2. The summed E-state index contributed by atoms with van der Waals surface area (Å²) in [6.45, 7) is 1.87. The van der Waals surface area contributed by atoms with E-state index in [1.165, 1.54) is 43.4 Å². The molecule has 0 bridgehead atoms. The second-order valence-corrected chi connectivity index (χ2v) is 7.92. The molecule has 0 radical (unpaired) electrons. The normalized spacial score (nSPS) is 15.1. The molecule has 1 saturated carbocycles. The molecule has 0 spiro atoms. The van der Waals surface area contributed by atoms with Crippen LogP contribution in [0.15, 0.2) is 18.2 Å². The zero-order valence-corrected chi connectivity index (χ0v) is 15.2. The van der Waals surface area contributed by atoms with E-state index < -0.39 is 0 Å². The SMILES string of the molecule is Cc1ccc(C(=O)NCC(=O)Nc2cc(CC3CCCCC3)[nH]n2)s1. The third kappa shape index (κ3) is 5.16. The number of nitrogens with zero attached hydrogens (tertiary/aromatic N) is 1. The van der Waals surface area contributed by atoms with E-state index in [1.54, 1.807) is 6.07 Å². The van der Waals surface area contributed by atoms with E-state index in [4.69, 9.17) is 0 Å². The minimum absolute atomic E-state index is 0.0688. The molecule has 1 aliphatic rings. The number of carbonyl (C=O) groups excluding carboxylic acids is 2. The lowest BCUT2D eigenvalue weighted by molar-refractivity contribution is -0.115. The molecule has 0 aliphatic heterocycles. The number of H-pyrrole nitrogens is 1. The molecule has 6 nitrogen and oxygen atoms in total. The van der Waals surface area contributed by atoms with Gasteiger partial charge < -0.3 is 10.6 Å². The third-order valence-corrected chi connectivity index (χ3v) is 5.50. The second kappa shape index (κ2) is 8.29. The third-order valence-electron chi connectivity index (χ3n) is 4.51. The van der Waals surface area contributed by atoms with Crippen LogP contribution >= 0.6 is 11.3 Å². The van der Waals surface area contributed by atoms with Crippen LogP contribution in [0.5, 0.6) is 0 Å². The first-order valence-electron chi connectivity index (χ1n) is 8.79. The van der Waals surface area contributed by atoms with Gasteiger partial charge in [0.15, 0.2) is 5.82 Å². The number of amides is 2. The van der Waals surface area contributed by atoms with E-state index in [0.29, 0.717) is 16.6 Å². The summed E-state index contributed by atoms with van der Waals surface area (Å²) in [4.78, 5) is 25.6. The molecule has 0 saturated heterocycles. The molecular formula is C18H24N4O2S. The number of nitrogens with one attached hydrogen (secondary N) is 3. The quantitative estimate of drug-likeness (QED) is 0.739. The predicted octanol–water partition coefficient (Wildman–Crippen LogP) is 3.27. The van der Waals surface area contributed by atoms with Crippen LogP contribution in [-0.4, -0.2) is 28.6 Å². The largest absolute Gasteiger partial charge is 0.342 e. The van der Waals surface area contributed by atoms with Crippen molar-refractivity contribution in [3.8, 4) is 0 Å². The Hall–Kier alpha value is -2.15. The first kappa shape index (κ1) is 17.7. The van der Waals surface area contributed by atoms with Gasteiger partial charge in [0.05, 0.1) is 11.4 Å². The Morgan fingerprint density at radius 3 is 2.80 bits per heavy atom. The van der Waals surface area contributed by atoms with Crippen LogP contribution in [0.25, 0.3) is 0 Å². The molecule has 2 aromatic heterocycles. The van der Waals surface area contributed by atoms with Crippen LogP contribution in [0, 0.1) is 12.8 Å². The smallest absolute Gasteiger partial charge is 0.261 e. The summed E-state index contributed by atoms with van der Waals surface area (Å²) in [6, 6.07) is 5.53. The average molecular weight is 360 g/mol. The fourth-order valence-electron chi connectivity index (χ4n) is 3.22. The van der Waals surface area contributed by atoms with Crippen molar-refractivity contribution < 1.29 is 9.59 Å². The van der Waals surface area contributed by atoms with Crippen molar-refractivity contribution in [1.82, 2.24) is 15.5 Å². The molecule has 7 heteroatoms. The summed E-state index contributed by atoms with van der Waals surface area (Å²) < 4.78 is 0. The molecule has 3 N–H and O–H groups in total. The van der Waals surface area contributed by atoms with Gasteiger partial charge in [0, 0.05) is 16.6 Å². The highest BCUT2D eigenvalue weighted by atomic mass is 32.1. The van der Waals surface area contributed by atoms with Crippen molar-refractivity contribution in [2.75, 3.05) is 11.9 Å². The molecule has 1 aliphatic carbocycles. The second-order valence-electron chi connectivity index (χ2n) is 6.63. The minimum Gasteiger partial charge on any atom is -0.342 e. The molecule has 134 valence electrons. The van der Waals surface area contributed by atoms with Crippen molar-refractivity contribution in [2.45, 2.75) is 45.4 Å². The van der Waals surface area contributed by atoms with Gasteiger partial charge >= 0.3 is 0 Å². The number of carbonyl (C=O) groups is 2. The first-order chi connectivity index (χ1) is 12.1. The van der Waals surface area contributed by atoms with Crippen LogP contribution in [0.1, 0.15) is 52.3 Å². The number of rotatable bonds is 6. The Balaban J connectivity index is 1.44. The Bertz CT molecular complexity index is 731. The van der Waals surface area contributed by atoms with E-state index in [1.807, 2.05) is 19.1 Å². The van der Waals surface area contributed by atoms with E-state index in [-0.39, 0.29) is 18.4 Å². The Labute approximate surface area is 151 Å². The van der Waals surface area contributed by atoms with E-state index in [2.05, 4.69) is 20.8 Å². The zero-order valence-electron chi connectivity index (χ0n) is 14.4. The molecule has 1 fully saturated rings. The Kier molecular flexibility index (Phi) is 5.86. The van der Waals surface area contributed by atoms with Gasteiger partial charge in [0.1, 0.15) is 0 Å². The van der Waals surface area contributed by atoms with Crippen LogP contribution < -0.4 is 10.6 Å². The fraction of sp³-hybridized carbons (Fsp3) is 0.500.